The second-order valence-corrected chi connectivity index (χ2v) is 3.72. The number of nitrogens with one attached hydrogen (secondary N) is 1. The highest BCUT2D eigenvalue weighted by molar-refractivity contribution is 6.07. The van der Waals surface area contributed by atoms with Gasteiger partial charge in [-0.15, -0.1) is 0 Å². The summed E-state index contributed by atoms with van der Waals surface area (Å²) in [5.41, 5.74) is 2.54. The van der Waals surface area contributed by atoms with Gasteiger partial charge in [0.2, 0.25) is 0 Å². The maximum absolute atomic E-state index is 11.8. The molecule has 2 rings (SSSR count). The van der Waals surface area contributed by atoms with Crippen LogP contribution >= 0.6 is 0 Å². The van der Waals surface area contributed by atoms with Crippen LogP contribution in [0.3, 0.4) is 0 Å². The fourth-order valence-electron chi connectivity index (χ4n) is 1.75. The number of H-pyrrole nitrogens is 1. The van der Waals surface area contributed by atoms with E-state index in [9.17, 15) is 4.79 Å². The van der Waals surface area contributed by atoms with Crippen LogP contribution in [0.25, 0.3) is 10.9 Å². The lowest BCUT2D eigenvalue weighted by Gasteiger charge is -1.99. The Kier molecular flexibility index (Phi) is 2.54. The van der Waals surface area contributed by atoms with Gasteiger partial charge in [0.25, 0.3) is 0 Å². The lowest BCUT2D eigenvalue weighted by atomic mass is 10.0. The molecule has 0 bridgehead atoms. The Morgan fingerprint density at radius 3 is 3.00 bits per heavy atom. The molecule has 0 saturated heterocycles. The molecule has 1 N–H and O–H groups in total. The molecule has 1 heterocycles. The van der Waals surface area contributed by atoms with Crippen molar-refractivity contribution in [1.82, 2.24) is 10.2 Å². The predicted molar refractivity (Wildman–Crippen MR) is 60.1 cm³/mol. The fourth-order valence-corrected chi connectivity index (χ4v) is 1.75. The first kappa shape index (κ1) is 9.90. The van der Waals surface area contributed by atoms with Crippen molar-refractivity contribution in [2.45, 2.75) is 26.7 Å². The number of aryl methyl sites for hydroxylation is 1. The Labute approximate surface area is 88.5 Å². The summed E-state index contributed by atoms with van der Waals surface area (Å²) in [6.07, 6.45) is 1.46. The Balaban J connectivity index is 2.56. The molecule has 0 spiro atoms. The van der Waals surface area contributed by atoms with Gasteiger partial charge in [0.1, 0.15) is 5.52 Å². The van der Waals surface area contributed by atoms with Crippen molar-refractivity contribution >= 4 is 16.7 Å². The van der Waals surface area contributed by atoms with Crippen LogP contribution < -0.4 is 0 Å². The summed E-state index contributed by atoms with van der Waals surface area (Å²) in [5.74, 6) is 0.176. The van der Waals surface area contributed by atoms with E-state index in [0.29, 0.717) is 6.42 Å². The molecule has 0 unspecified atom stereocenters. The van der Waals surface area contributed by atoms with Crippen LogP contribution in [0.15, 0.2) is 18.2 Å². The minimum absolute atomic E-state index is 0.176. The maximum atomic E-state index is 11.8. The molecule has 1 aromatic carbocycles. The quantitative estimate of drug-likeness (QED) is 0.778. The van der Waals surface area contributed by atoms with Crippen LogP contribution in [0, 0.1) is 6.92 Å². The first-order valence-corrected chi connectivity index (χ1v) is 5.21. The van der Waals surface area contributed by atoms with Crippen molar-refractivity contribution in [1.29, 1.82) is 0 Å². The van der Waals surface area contributed by atoms with Gasteiger partial charge in [-0.25, -0.2) is 0 Å². The number of fused-ring (bicyclic) bond motifs is 1. The average molecular weight is 202 g/mol. The number of hydrogen-bond acceptors (Lipinski definition) is 2. The molecule has 0 aliphatic carbocycles. The van der Waals surface area contributed by atoms with Gasteiger partial charge in [-0.3, -0.25) is 9.89 Å². The average Bonchev–Trinajstić information content (AvgIpc) is 2.61. The highest BCUT2D eigenvalue weighted by Crippen LogP contribution is 2.20. The van der Waals surface area contributed by atoms with Gasteiger partial charge >= 0.3 is 0 Å². The molecule has 0 aliphatic rings. The molecule has 0 radical (unpaired) electrons. The summed E-state index contributed by atoms with van der Waals surface area (Å²) in [6, 6.07) is 5.74. The molecule has 15 heavy (non-hydrogen) atoms. The highest BCUT2D eigenvalue weighted by Gasteiger charge is 2.11. The minimum atomic E-state index is 0.176. The molecule has 0 aliphatic heterocycles. The maximum Gasteiger partial charge on any atom is 0.165 e. The number of ketones is 1. The second-order valence-electron chi connectivity index (χ2n) is 3.72. The molecule has 0 atom stereocenters. The minimum Gasteiger partial charge on any atom is -0.294 e. The van der Waals surface area contributed by atoms with Crippen molar-refractivity contribution in [2.75, 3.05) is 0 Å². The summed E-state index contributed by atoms with van der Waals surface area (Å²) in [4.78, 5) is 11.8. The van der Waals surface area contributed by atoms with Crippen molar-refractivity contribution in [3.63, 3.8) is 0 Å². The largest absolute Gasteiger partial charge is 0.294 e. The van der Waals surface area contributed by atoms with Crippen LogP contribution in [-0.4, -0.2) is 16.0 Å². The number of rotatable bonds is 3. The van der Waals surface area contributed by atoms with Crippen LogP contribution in [0.4, 0.5) is 0 Å². The number of nitrogens with zero attached hydrogens (tertiary/aromatic N) is 1. The lowest BCUT2D eigenvalue weighted by molar-refractivity contribution is 0.0983. The van der Waals surface area contributed by atoms with E-state index in [1.165, 1.54) is 0 Å². The molecule has 2 aromatic rings. The second kappa shape index (κ2) is 3.85. The summed E-state index contributed by atoms with van der Waals surface area (Å²) >= 11 is 0. The Morgan fingerprint density at radius 1 is 1.47 bits per heavy atom. The van der Waals surface area contributed by atoms with Crippen molar-refractivity contribution in [2.24, 2.45) is 0 Å². The fraction of sp³-hybridized carbons (Fsp3) is 0.333. The number of hydrogen-bond donors (Lipinski definition) is 1. The molecule has 3 heteroatoms. The zero-order chi connectivity index (χ0) is 10.8. The van der Waals surface area contributed by atoms with Gasteiger partial charge in [0.05, 0.1) is 0 Å². The first-order chi connectivity index (χ1) is 7.24. The summed E-state index contributed by atoms with van der Waals surface area (Å²) in [7, 11) is 0. The van der Waals surface area contributed by atoms with Crippen LogP contribution in [0.5, 0.6) is 0 Å². The molecular weight excluding hydrogens is 188 g/mol. The molecule has 0 saturated carbocycles. The standard InChI is InChI=1S/C12H14N2O/c1-3-5-11(15)10-7-4-6-9-8(2)13-14-12(9)10/h4,6-7H,3,5H2,1-2H3,(H,13,14). The van der Waals surface area contributed by atoms with Crippen molar-refractivity contribution in [3.05, 3.63) is 29.5 Å². The number of aromatic nitrogens is 2. The van der Waals surface area contributed by atoms with E-state index in [1.807, 2.05) is 32.0 Å². The summed E-state index contributed by atoms with van der Waals surface area (Å²) < 4.78 is 0. The smallest absolute Gasteiger partial charge is 0.165 e. The van der Waals surface area contributed by atoms with Gasteiger partial charge in [0, 0.05) is 23.1 Å². The zero-order valence-corrected chi connectivity index (χ0v) is 9.00. The lowest BCUT2D eigenvalue weighted by Crippen LogP contribution is -1.98. The Bertz CT molecular complexity index is 499. The SMILES string of the molecule is CCCC(=O)c1cccc2c(C)[nH]nc12. The normalized spacial score (nSPS) is 10.8. The monoisotopic (exact) mass is 202 g/mol. The number of Topliss-reactive ketones (excluding diaryl/α,β-unsaturated/α-hetero) is 1. The van der Waals surface area contributed by atoms with E-state index in [4.69, 9.17) is 0 Å². The van der Waals surface area contributed by atoms with Gasteiger partial charge in [-0.1, -0.05) is 19.1 Å². The van der Waals surface area contributed by atoms with E-state index in [0.717, 1.165) is 28.6 Å². The predicted octanol–water partition coefficient (Wildman–Crippen LogP) is 2.85. The molecular formula is C12H14N2O. The Morgan fingerprint density at radius 2 is 2.27 bits per heavy atom. The van der Waals surface area contributed by atoms with Crippen LogP contribution in [0.2, 0.25) is 0 Å². The molecule has 3 nitrogen and oxygen atoms in total. The van der Waals surface area contributed by atoms with E-state index >= 15 is 0 Å². The van der Waals surface area contributed by atoms with E-state index in [-0.39, 0.29) is 5.78 Å². The topological polar surface area (TPSA) is 45.8 Å². The summed E-state index contributed by atoms with van der Waals surface area (Å²) in [6.45, 7) is 3.97. The van der Waals surface area contributed by atoms with E-state index in [2.05, 4.69) is 10.2 Å². The molecule has 1 aromatic heterocycles. The number of para-hydroxylation sites is 1. The van der Waals surface area contributed by atoms with Gasteiger partial charge in [-0.05, 0) is 19.4 Å². The van der Waals surface area contributed by atoms with Gasteiger partial charge in [0.15, 0.2) is 5.78 Å². The van der Waals surface area contributed by atoms with Crippen molar-refractivity contribution in [3.8, 4) is 0 Å². The molecule has 78 valence electrons. The van der Waals surface area contributed by atoms with Crippen LogP contribution in [0.1, 0.15) is 35.8 Å². The number of carbonyl (C=O) groups is 1. The van der Waals surface area contributed by atoms with E-state index in [1.54, 1.807) is 0 Å². The van der Waals surface area contributed by atoms with Gasteiger partial charge < -0.3 is 0 Å². The molecule has 0 amide bonds. The molecule has 0 fully saturated rings. The van der Waals surface area contributed by atoms with E-state index < -0.39 is 0 Å². The first-order valence-electron chi connectivity index (χ1n) is 5.21. The highest BCUT2D eigenvalue weighted by atomic mass is 16.1. The third-order valence-electron chi connectivity index (χ3n) is 2.55. The van der Waals surface area contributed by atoms with Gasteiger partial charge in [-0.2, -0.15) is 5.10 Å². The number of benzene rings is 1. The van der Waals surface area contributed by atoms with Crippen molar-refractivity contribution < 1.29 is 4.79 Å². The Hall–Kier alpha value is -1.64. The third-order valence-corrected chi connectivity index (χ3v) is 2.55. The third kappa shape index (κ3) is 1.65. The summed E-state index contributed by atoms with van der Waals surface area (Å²) in [5, 5.41) is 8.13. The number of carbonyl (C=O) groups excluding carboxylic acids is 1. The van der Waals surface area contributed by atoms with Crippen LogP contribution in [-0.2, 0) is 0 Å². The zero-order valence-electron chi connectivity index (χ0n) is 9.00. The number of aromatic amines is 1.